The van der Waals surface area contributed by atoms with Crippen LogP contribution < -0.4 is 5.32 Å². The van der Waals surface area contributed by atoms with Crippen LogP contribution in [0.5, 0.6) is 0 Å². The van der Waals surface area contributed by atoms with Crippen LogP contribution in [0.4, 0.5) is 0 Å². The molecule has 0 spiro atoms. The number of rotatable bonds is 5. The predicted octanol–water partition coefficient (Wildman–Crippen LogP) is 2.90. The average Bonchev–Trinajstić information content (AvgIpc) is 2.55. The van der Waals surface area contributed by atoms with Crippen LogP contribution in [0, 0.1) is 11.8 Å². The van der Waals surface area contributed by atoms with Crippen molar-refractivity contribution >= 4 is 27.5 Å². The first-order chi connectivity index (χ1) is 11.2. The number of hydrogen-bond donors (Lipinski definition) is 1. The molecule has 2 rings (SSSR count). The zero-order chi connectivity index (χ0) is 17.9. The van der Waals surface area contributed by atoms with Gasteiger partial charge in [0.2, 0.25) is 15.9 Å². The minimum absolute atomic E-state index is 0.0194. The molecule has 5 nitrogen and oxygen atoms in total. The van der Waals surface area contributed by atoms with Crippen LogP contribution in [0.1, 0.15) is 33.6 Å². The Bertz CT molecular complexity index is 683. The largest absolute Gasteiger partial charge is 0.353 e. The van der Waals surface area contributed by atoms with Gasteiger partial charge in [0.1, 0.15) is 4.90 Å². The normalized spacial score (nSPS) is 18.5. The summed E-state index contributed by atoms with van der Waals surface area (Å²) in [6, 6.07) is 6.56. The molecule has 7 heteroatoms. The van der Waals surface area contributed by atoms with Gasteiger partial charge in [0.15, 0.2) is 0 Å². The van der Waals surface area contributed by atoms with E-state index in [4.69, 9.17) is 11.6 Å². The van der Waals surface area contributed by atoms with E-state index in [0.717, 1.165) is 0 Å². The molecular weight excluding hydrogens is 348 g/mol. The molecule has 1 aliphatic rings. The predicted molar refractivity (Wildman–Crippen MR) is 95.4 cm³/mol. The van der Waals surface area contributed by atoms with E-state index >= 15 is 0 Å². The molecule has 1 atom stereocenters. The van der Waals surface area contributed by atoms with E-state index in [2.05, 4.69) is 19.2 Å². The van der Waals surface area contributed by atoms with E-state index in [1.807, 2.05) is 6.92 Å². The van der Waals surface area contributed by atoms with Crippen molar-refractivity contribution in [2.24, 2.45) is 11.8 Å². The lowest BCUT2D eigenvalue weighted by Crippen LogP contribution is -2.45. The Morgan fingerprint density at radius 1 is 1.21 bits per heavy atom. The molecule has 1 N–H and O–H groups in total. The number of nitrogens with zero attached hydrogens (tertiary/aromatic N) is 1. The highest BCUT2D eigenvalue weighted by Crippen LogP contribution is 2.28. The van der Waals surface area contributed by atoms with Gasteiger partial charge in [0.05, 0.1) is 5.02 Å². The topological polar surface area (TPSA) is 66.5 Å². The lowest BCUT2D eigenvalue weighted by atomic mass is 9.96. The second-order valence-electron chi connectivity index (χ2n) is 6.65. The van der Waals surface area contributed by atoms with Crippen molar-refractivity contribution in [1.82, 2.24) is 9.62 Å². The number of halogens is 1. The van der Waals surface area contributed by atoms with Crippen molar-refractivity contribution in [3.8, 4) is 0 Å². The second-order valence-corrected chi connectivity index (χ2v) is 8.96. The summed E-state index contributed by atoms with van der Waals surface area (Å²) in [6.07, 6.45) is 1.06. The van der Waals surface area contributed by atoms with Crippen LogP contribution >= 0.6 is 11.6 Å². The third-order valence-corrected chi connectivity index (χ3v) is 7.05. The molecule has 1 aliphatic heterocycles. The zero-order valence-corrected chi connectivity index (χ0v) is 15.9. The highest BCUT2D eigenvalue weighted by Gasteiger charge is 2.33. The van der Waals surface area contributed by atoms with Gasteiger partial charge < -0.3 is 5.32 Å². The summed E-state index contributed by atoms with van der Waals surface area (Å²) < 4.78 is 26.8. The summed E-state index contributed by atoms with van der Waals surface area (Å²) in [6.45, 7) is 6.77. The smallest absolute Gasteiger partial charge is 0.244 e. The summed E-state index contributed by atoms with van der Waals surface area (Å²) in [5.41, 5.74) is 0. The molecule has 134 valence electrons. The Labute approximate surface area is 149 Å². The quantitative estimate of drug-likeness (QED) is 0.864. The van der Waals surface area contributed by atoms with Crippen molar-refractivity contribution in [3.63, 3.8) is 0 Å². The molecule has 0 aliphatic carbocycles. The molecule has 1 aromatic carbocycles. The number of sulfonamides is 1. The monoisotopic (exact) mass is 372 g/mol. The Morgan fingerprint density at radius 3 is 2.33 bits per heavy atom. The van der Waals surface area contributed by atoms with Crippen LogP contribution in [0.2, 0.25) is 5.02 Å². The summed E-state index contributed by atoms with van der Waals surface area (Å²) in [4.78, 5) is 12.4. The van der Waals surface area contributed by atoms with Crippen molar-refractivity contribution in [1.29, 1.82) is 0 Å². The molecule has 0 radical (unpaired) electrons. The Balaban J connectivity index is 2.00. The van der Waals surface area contributed by atoms with Gasteiger partial charge in [-0.05, 0) is 37.8 Å². The molecule has 1 saturated heterocycles. The van der Waals surface area contributed by atoms with Crippen molar-refractivity contribution < 1.29 is 13.2 Å². The molecule has 1 fully saturated rings. The number of benzene rings is 1. The molecule has 24 heavy (non-hydrogen) atoms. The minimum Gasteiger partial charge on any atom is -0.353 e. The molecule has 0 saturated carbocycles. The summed E-state index contributed by atoms with van der Waals surface area (Å²) >= 11 is 6.02. The fourth-order valence-corrected chi connectivity index (χ4v) is 4.62. The average molecular weight is 373 g/mol. The summed E-state index contributed by atoms with van der Waals surface area (Å²) in [5.74, 6) is 0.254. The first-order valence-electron chi connectivity index (χ1n) is 8.28. The number of piperidine rings is 1. The second kappa shape index (κ2) is 7.85. The highest BCUT2D eigenvalue weighted by molar-refractivity contribution is 7.89. The molecule has 0 bridgehead atoms. The van der Waals surface area contributed by atoms with Crippen LogP contribution in [-0.2, 0) is 14.8 Å². The number of amides is 1. The van der Waals surface area contributed by atoms with E-state index in [0.29, 0.717) is 31.8 Å². The fourth-order valence-electron chi connectivity index (χ4n) is 2.66. The van der Waals surface area contributed by atoms with Crippen molar-refractivity contribution in [2.45, 2.75) is 44.6 Å². The Morgan fingerprint density at radius 2 is 1.79 bits per heavy atom. The van der Waals surface area contributed by atoms with E-state index in [1.165, 1.54) is 10.4 Å². The maximum atomic E-state index is 12.7. The molecule has 1 aromatic rings. The van der Waals surface area contributed by atoms with Gasteiger partial charge in [-0.15, -0.1) is 0 Å². The first-order valence-corrected chi connectivity index (χ1v) is 10.1. The van der Waals surface area contributed by atoms with Crippen molar-refractivity contribution in [3.05, 3.63) is 29.3 Å². The summed E-state index contributed by atoms with van der Waals surface area (Å²) in [7, 11) is -3.61. The van der Waals surface area contributed by atoms with Crippen molar-refractivity contribution in [2.75, 3.05) is 13.1 Å². The number of nitrogens with one attached hydrogen (secondary N) is 1. The maximum absolute atomic E-state index is 12.7. The van der Waals surface area contributed by atoms with E-state index in [1.54, 1.807) is 18.2 Å². The van der Waals surface area contributed by atoms with E-state index in [-0.39, 0.29) is 27.8 Å². The molecule has 0 unspecified atom stereocenters. The molecule has 0 aromatic heterocycles. The van der Waals surface area contributed by atoms with Gasteiger partial charge in [-0.3, -0.25) is 4.79 Å². The van der Waals surface area contributed by atoms with E-state index < -0.39 is 10.0 Å². The first kappa shape index (κ1) is 19.2. The zero-order valence-electron chi connectivity index (χ0n) is 14.3. The van der Waals surface area contributed by atoms with Crippen LogP contribution in [-0.4, -0.2) is 37.8 Å². The Hall–Kier alpha value is -1.11. The van der Waals surface area contributed by atoms with E-state index in [9.17, 15) is 13.2 Å². The van der Waals surface area contributed by atoms with Crippen LogP contribution in [0.15, 0.2) is 29.2 Å². The maximum Gasteiger partial charge on any atom is 0.244 e. The number of carbonyl (C=O) groups is 1. The molecule has 1 amide bonds. The number of carbonyl (C=O) groups excluding carboxylic acids is 1. The lowest BCUT2D eigenvalue weighted by molar-refractivity contribution is -0.127. The molecular formula is C17H25ClN2O3S. The third kappa shape index (κ3) is 4.29. The Kier molecular flexibility index (Phi) is 6.28. The van der Waals surface area contributed by atoms with Gasteiger partial charge >= 0.3 is 0 Å². The van der Waals surface area contributed by atoms with Gasteiger partial charge in [-0.1, -0.05) is 37.6 Å². The number of hydrogen-bond acceptors (Lipinski definition) is 3. The van der Waals surface area contributed by atoms with Gasteiger partial charge in [-0.25, -0.2) is 8.42 Å². The third-order valence-electron chi connectivity index (χ3n) is 4.65. The van der Waals surface area contributed by atoms with Gasteiger partial charge in [0.25, 0.3) is 0 Å². The van der Waals surface area contributed by atoms with Crippen LogP contribution in [0.25, 0.3) is 0 Å². The lowest BCUT2D eigenvalue weighted by Gasteiger charge is -2.31. The highest BCUT2D eigenvalue weighted by atomic mass is 35.5. The fraction of sp³-hybridized carbons (Fsp3) is 0.588. The van der Waals surface area contributed by atoms with Gasteiger partial charge in [0, 0.05) is 25.0 Å². The standard InChI is InChI=1S/C17H25ClN2O3S/c1-12(2)13(3)19-17(21)14-8-10-20(11-9-14)24(22,23)16-7-5-4-6-15(16)18/h4-7,12-14H,8-11H2,1-3H3,(H,19,21)/t13-/m0/s1. The SMILES string of the molecule is CC(C)[C@H](C)NC(=O)C1CCN(S(=O)(=O)c2ccccc2Cl)CC1. The van der Waals surface area contributed by atoms with Gasteiger partial charge in [-0.2, -0.15) is 4.31 Å². The summed E-state index contributed by atoms with van der Waals surface area (Å²) in [5, 5.41) is 3.24. The molecule has 1 heterocycles. The van der Waals surface area contributed by atoms with Crippen LogP contribution in [0.3, 0.4) is 0 Å². The minimum atomic E-state index is -3.61.